The van der Waals surface area contributed by atoms with Gasteiger partial charge in [-0.25, -0.2) is 0 Å². The summed E-state index contributed by atoms with van der Waals surface area (Å²) in [4.78, 5) is 27.7. The molecule has 0 bridgehead atoms. The van der Waals surface area contributed by atoms with Crippen LogP contribution in [0.4, 0.5) is 0 Å². The van der Waals surface area contributed by atoms with Crippen molar-refractivity contribution >= 4 is 22.8 Å². The van der Waals surface area contributed by atoms with Gasteiger partial charge in [0.15, 0.2) is 0 Å². The number of carbonyl (C=O) groups is 2. The van der Waals surface area contributed by atoms with Crippen molar-refractivity contribution in [2.75, 3.05) is 19.7 Å². The number of hydrogen-bond acceptors (Lipinski definition) is 4. The minimum atomic E-state index is -0.153. The molecule has 0 aliphatic carbocycles. The zero-order chi connectivity index (χ0) is 24.1. The Labute approximate surface area is 201 Å². The van der Waals surface area contributed by atoms with Crippen molar-refractivity contribution in [1.82, 2.24) is 9.47 Å². The molecule has 3 aromatic rings. The predicted octanol–water partition coefficient (Wildman–Crippen LogP) is 5.28. The summed E-state index contributed by atoms with van der Waals surface area (Å²) >= 11 is 0. The Kier molecular flexibility index (Phi) is 7.56. The molecule has 4 rings (SSSR count). The number of likely N-dealkylation sites (tertiary alicyclic amines) is 1. The van der Waals surface area contributed by atoms with Gasteiger partial charge in [-0.15, -0.1) is 0 Å². The SMILES string of the molecule is CCOC(=O)C1CCN(C(=O)c2cc3c(O[C@H](C)CC)cccc3n2Cc2ccccc2)CC1. The quantitative estimate of drug-likeness (QED) is 0.427. The Balaban J connectivity index is 1.66. The van der Waals surface area contributed by atoms with Crippen LogP contribution in [-0.2, 0) is 16.1 Å². The van der Waals surface area contributed by atoms with Gasteiger partial charge in [0.2, 0.25) is 0 Å². The van der Waals surface area contributed by atoms with E-state index >= 15 is 0 Å². The van der Waals surface area contributed by atoms with Crippen LogP contribution in [0.2, 0.25) is 0 Å². The summed E-state index contributed by atoms with van der Waals surface area (Å²) in [5.41, 5.74) is 2.76. The maximum Gasteiger partial charge on any atom is 0.309 e. The molecule has 2 aromatic carbocycles. The summed E-state index contributed by atoms with van der Waals surface area (Å²) < 4.78 is 13.5. The highest BCUT2D eigenvalue weighted by Crippen LogP contribution is 2.32. The zero-order valence-corrected chi connectivity index (χ0v) is 20.3. The summed E-state index contributed by atoms with van der Waals surface area (Å²) in [5.74, 6) is 0.506. The van der Waals surface area contributed by atoms with Gasteiger partial charge in [0, 0.05) is 25.0 Å². The van der Waals surface area contributed by atoms with Gasteiger partial charge in [0.25, 0.3) is 5.91 Å². The van der Waals surface area contributed by atoms with Gasteiger partial charge in [0.1, 0.15) is 11.4 Å². The zero-order valence-electron chi connectivity index (χ0n) is 20.3. The monoisotopic (exact) mass is 462 g/mol. The normalized spacial score (nSPS) is 15.3. The fourth-order valence-electron chi connectivity index (χ4n) is 4.51. The second kappa shape index (κ2) is 10.8. The number of rotatable bonds is 8. The van der Waals surface area contributed by atoms with Gasteiger partial charge in [-0.3, -0.25) is 9.59 Å². The molecule has 180 valence electrons. The Morgan fingerprint density at radius 3 is 2.44 bits per heavy atom. The van der Waals surface area contributed by atoms with E-state index in [2.05, 4.69) is 30.5 Å². The lowest BCUT2D eigenvalue weighted by molar-refractivity contribution is -0.149. The minimum Gasteiger partial charge on any atom is -0.490 e. The van der Waals surface area contributed by atoms with E-state index in [0.717, 1.165) is 28.6 Å². The van der Waals surface area contributed by atoms with Crippen molar-refractivity contribution in [1.29, 1.82) is 0 Å². The van der Waals surface area contributed by atoms with Crippen molar-refractivity contribution in [2.45, 2.75) is 52.7 Å². The smallest absolute Gasteiger partial charge is 0.309 e. The molecular formula is C28H34N2O4. The summed E-state index contributed by atoms with van der Waals surface area (Å²) in [7, 11) is 0. The topological polar surface area (TPSA) is 60.8 Å². The Morgan fingerprint density at radius 2 is 1.76 bits per heavy atom. The van der Waals surface area contributed by atoms with Crippen LogP contribution in [0.15, 0.2) is 54.6 Å². The lowest BCUT2D eigenvalue weighted by Crippen LogP contribution is -2.41. The fourth-order valence-corrected chi connectivity index (χ4v) is 4.51. The number of hydrogen-bond donors (Lipinski definition) is 0. The maximum atomic E-state index is 13.7. The molecular weight excluding hydrogens is 428 g/mol. The number of esters is 1. The number of fused-ring (bicyclic) bond motifs is 1. The summed E-state index contributed by atoms with van der Waals surface area (Å²) in [6.07, 6.45) is 2.25. The van der Waals surface area contributed by atoms with Crippen LogP contribution < -0.4 is 4.74 Å². The molecule has 0 spiro atoms. The van der Waals surface area contributed by atoms with E-state index in [9.17, 15) is 9.59 Å². The molecule has 1 atom stereocenters. The van der Waals surface area contributed by atoms with Crippen LogP contribution >= 0.6 is 0 Å². The lowest BCUT2D eigenvalue weighted by atomic mass is 9.97. The van der Waals surface area contributed by atoms with Crippen LogP contribution in [0.1, 0.15) is 56.1 Å². The molecule has 6 nitrogen and oxygen atoms in total. The average molecular weight is 463 g/mol. The molecule has 0 saturated carbocycles. The summed E-state index contributed by atoms with van der Waals surface area (Å²) in [5, 5.41) is 0.948. The van der Waals surface area contributed by atoms with E-state index in [1.54, 1.807) is 0 Å². The first-order valence-electron chi connectivity index (χ1n) is 12.3. The molecule has 1 aliphatic rings. The Bertz CT molecular complexity index is 1130. The van der Waals surface area contributed by atoms with Crippen molar-refractivity contribution in [2.24, 2.45) is 5.92 Å². The summed E-state index contributed by atoms with van der Waals surface area (Å²) in [6.45, 7) is 8.05. The first-order chi connectivity index (χ1) is 16.5. The van der Waals surface area contributed by atoms with Crippen molar-refractivity contribution in [3.8, 4) is 5.75 Å². The molecule has 2 heterocycles. The van der Waals surface area contributed by atoms with E-state index in [4.69, 9.17) is 9.47 Å². The van der Waals surface area contributed by atoms with E-state index in [1.165, 1.54) is 0 Å². The summed E-state index contributed by atoms with van der Waals surface area (Å²) in [6, 6.07) is 18.1. The lowest BCUT2D eigenvalue weighted by Gasteiger charge is -2.31. The molecule has 1 aromatic heterocycles. The van der Waals surface area contributed by atoms with E-state index < -0.39 is 0 Å². The van der Waals surface area contributed by atoms with Gasteiger partial charge in [0.05, 0.1) is 24.1 Å². The van der Waals surface area contributed by atoms with E-state index in [-0.39, 0.29) is 23.9 Å². The molecule has 34 heavy (non-hydrogen) atoms. The molecule has 1 amide bonds. The highest BCUT2D eigenvalue weighted by molar-refractivity contribution is 6.00. The number of carbonyl (C=O) groups excluding carboxylic acids is 2. The number of nitrogens with zero attached hydrogens (tertiary/aromatic N) is 2. The van der Waals surface area contributed by atoms with Crippen LogP contribution in [0.5, 0.6) is 5.75 Å². The van der Waals surface area contributed by atoms with Crippen LogP contribution in [0.3, 0.4) is 0 Å². The van der Waals surface area contributed by atoms with Crippen LogP contribution in [-0.4, -0.2) is 47.1 Å². The first-order valence-corrected chi connectivity index (χ1v) is 12.3. The van der Waals surface area contributed by atoms with Gasteiger partial charge in [-0.1, -0.05) is 43.3 Å². The van der Waals surface area contributed by atoms with Crippen molar-refractivity contribution < 1.29 is 19.1 Å². The molecule has 1 fully saturated rings. The maximum absolute atomic E-state index is 13.7. The highest BCUT2D eigenvalue weighted by Gasteiger charge is 2.30. The predicted molar refractivity (Wildman–Crippen MR) is 133 cm³/mol. The largest absolute Gasteiger partial charge is 0.490 e. The van der Waals surface area contributed by atoms with Gasteiger partial charge in [-0.05, 0) is 56.9 Å². The molecule has 0 unspecified atom stereocenters. The molecule has 0 N–H and O–H groups in total. The standard InChI is InChI=1S/C28H34N2O4/c1-4-20(3)34-26-13-9-12-24-23(26)18-25(30(24)19-21-10-7-6-8-11-21)27(31)29-16-14-22(15-17-29)28(32)33-5-2/h6-13,18,20,22H,4-5,14-17,19H2,1-3H3/t20-/m1/s1. The molecule has 6 heteroatoms. The van der Waals surface area contributed by atoms with E-state index in [0.29, 0.717) is 44.8 Å². The van der Waals surface area contributed by atoms with Gasteiger partial charge < -0.3 is 18.9 Å². The van der Waals surface area contributed by atoms with E-state index in [1.807, 2.05) is 54.3 Å². The van der Waals surface area contributed by atoms with Crippen molar-refractivity contribution in [3.63, 3.8) is 0 Å². The van der Waals surface area contributed by atoms with Gasteiger partial charge in [-0.2, -0.15) is 0 Å². The molecule has 1 aliphatic heterocycles. The van der Waals surface area contributed by atoms with Crippen molar-refractivity contribution in [3.05, 3.63) is 65.9 Å². The van der Waals surface area contributed by atoms with Crippen LogP contribution in [0, 0.1) is 5.92 Å². The fraction of sp³-hybridized carbons (Fsp3) is 0.429. The first kappa shape index (κ1) is 23.9. The average Bonchev–Trinajstić information content (AvgIpc) is 3.23. The molecule has 1 saturated heterocycles. The number of ether oxygens (including phenoxy) is 2. The number of benzene rings is 2. The Hall–Kier alpha value is -3.28. The highest BCUT2D eigenvalue weighted by atomic mass is 16.5. The second-order valence-electron chi connectivity index (χ2n) is 8.95. The third kappa shape index (κ3) is 5.11. The Morgan fingerprint density at radius 1 is 1.03 bits per heavy atom. The molecule has 0 radical (unpaired) electrons. The number of amides is 1. The number of aromatic nitrogens is 1. The van der Waals surface area contributed by atoms with Crippen LogP contribution in [0.25, 0.3) is 10.9 Å². The van der Waals surface area contributed by atoms with Gasteiger partial charge >= 0.3 is 5.97 Å². The minimum absolute atomic E-state index is 0.0103. The second-order valence-corrected chi connectivity index (χ2v) is 8.95. The third-order valence-corrected chi connectivity index (χ3v) is 6.61. The number of piperidine rings is 1. The third-order valence-electron chi connectivity index (χ3n) is 6.61.